The number of rotatable bonds is 3. The maximum absolute atomic E-state index is 13.2. The van der Waals surface area contributed by atoms with Crippen LogP contribution in [0.15, 0.2) is 24.3 Å². The van der Waals surface area contributed by atoms with E-state index in [9.17, 15) is 4.39 Å². The summed E-state index contributed by atoms with van der Waals surface area (Å²) in [5, 5.41) is 7.46. The Labute approximate surface area is 100 Å². The molecule has 0 fully saturated rings. The zero-order valence-electron chi connectivity index (χ0n) is 10.3. The van der Waals surface area contributed by atoms with E-state index in [1.807, 2.05) is 31.6 Å². The van der Waals surface area contributed by atoms with Gasteiger partial charge in [0.05, 0.1) is 11.4 Å². The molecule has 4 heteroatoms. The second kappa shape index (κ2) is 4.67. The van der Waals surface area contributed by atoms with Crippen LogP contribution in [-0.4, -0.2) is 16.8 Å². The summed E-state index contributed by atoms with van der Waals surface area (Å²) in [5.74, 6) is -0.222. The van der Waals surface area contributed by atoms with E-state index in [1.54, 1.807) is 12.1 Å². The Morgan fingerprint density at radius 1 is 1.29 bits per heavy atom. The number of hydrogen-bond acceptors (Lipinski definition) is 2. The summed E-state index contributed by atoms with van der Waals surface area (Å²) in [5.41, 5.74) is 3.83. The van der Waals surface area contributed by atoms with Gasteiger partial charge < -0.3 is 5.32 Å². The van der Waals surface area contributed by atoms with Crippen molar-refractivity contribution in [3.05, 3.63) is 47.0 Å². The van der Waals surface area contributed by atoms with E-state index < -0.39 is 0 Å². The molecule has 3 nitrogen and oxygen atoms in total. The van der Waals surface area contributed by atoms with Gasteiger partial charge in [0.25, 0.3) is 0 Å². The third-order valence-corrected chi connectivity index (χ3v) is 2.65. The molecule has 0 radical (unpaired) electrons. The molecule has 0 amide bonds. The Balaban J connectivity index is 2.54. The van der Waals surface area contributed by atoms with Crippen LogP contribution in [0.4, 0.5) is 4.39 Å². The summed E-state index contributed by atoms with van der Waals surface area (Å²) in [6.45, 7) is 4.56. The van der Waals surface area contributed by atoms with Crippen molar-refractivity contribution in [2.75, 3.05) is 7.05 Å². The van der Waals surface area contributed by atoms with Crippen LogP contribution >= 0.6 is 0 Å². The molecule has 2 aromatic rings. The van der Waals surface area contributed by atoms with Crippen molar-refractivity contribution in [3.63, 3.8) is 0 Å². The molecule has 0 aliphatic carbocycles. The Bertz CT molecular complexity index is 531. The summed E-state index contributed by atoms with van der Waals surface area (Å²) in [7, 11) is 1.84. The molecule has 0 saturated carbocycles. The van der Waals surface area contributed by atoms with E-state index in [2.05, 4.69) is 10.4 Å². The first kappa shape index (κ1) is 11.8. The van der Waals surface area contributed by atoms with Gasteiger partial charge in [-0.25, -0.2) is 9.07 Å². The fraction of sp³-hybridized carbons (Fsp3) is 0.308. The van der Waals surface area contributed by atoms with Crippen LogP contribution in [0.5, 0.6) is 0 Å². The fourth-order valence-electron chi connectivity index (χ4n) is 1.97. The van der Waals surface area contributed by atoms with Gasteiger partial charge in [-0.2, -0.15) is 5.10 Å². The van der Waals surface area contributed by atoms with Crippen LogP contribution in [0.1, 0.15) is 17.0 Å². The Morgan fingerprint density at radius 2 is 2.06 bits per heavy atom. The van der Waals surface area contributed by atoms with Crippen molar-refractivity contribution in [2.24, 2.45) is 0 Å². The van der Waals surface area contributed by atoms with Gasteiger partial charge in [0.2, 0.25) is 0 Å². The number of halogens is 1. The molecule has 0 atom stereocenters. The maximum Gasteiger partial charge on any atom is 0.123 e. The van der Waals surface area contributed by atoms with Gasteiger partial charge in [0, 0.05) is 12.2 Å². The molecule has 0 unspecified atom stereocenters. The van der Waals surface area contributed by atoms with Gasteiger partial charge in [0.15, 0.2) is 0 Å². The average Bonchev–Trinajstić information content (AvgIpc) is 2.59. The summed E-state index contributed by atoms with van der Waals surface area (Å²) < 4.78 is 15.1. The van der Waals surface area contributed by atoms with Crippen molar-refractivity contribution < 1.29 is 4.39 Å². The molecular formula is C13H16FN3. The summed E-state index contributed by atoms with van der Waals surface area (Å²) in [6, 6.07) is 6.78. The van der Waals surface area contributed by atoms with Crippen LogP contribution in [0, 0.1) is 19.7 Å². The zero-order valence-corrected chi connectivity index (χ0v) is 10.3. The van der Waals surface area contributed by atoms with Crippen molar-refractivity contribution >= 4 is 0 Å². The highest BCUT2D eigenvalue weighted by Crippen LogP contribution is 2.18. The minimum absolute atomic E-state index is 0.222. The molecule has 0 aliphatic rings. The lowest BCUT2D eigenvalue weighted by molar-refractivity contribution is 0.622. The van der Waals surface area contributed by atoms with E-state index in [1.165, 1.54) is 6.07 Å². The summed E-state index contributed by atoms with van der Waals surface area (Å²) in [6.07, 6.45) is 0. The Kier molecular flexibility index (Phi) is 3.24. The maximum atomic E-state index is 13.2. The highest BCUT2D eigenvalue weighted by atomic mass is 19.1. The first-order valence-electron chi connectivity index (χ1n) is 5.58. The van der Waals surface area contributed by atoms with Gasteiger partial charge in [-0.15, -0.1) is 0 Å². The number of aryl methyl sites for hydroxylation is 2. The van der Waals surface area contributed by atoms with Crippen LogP contribution in [0.3, 0.4) is 0 Å². The van der Waals surface area contributed by atoms with Gasteiger partial charge >= 0.3 is 0 Å². The Morgan fingerprint density at radius 3 is 2.65 bits per heavy atom. The SMILES string of the molecule is CNCc1cc(F)ccc1-n1nc(C)cc1C. The number of nitrogens with one attached hydrogen (secondary N) is 1. The first-order valence-corrected chi connectivity index (χ1v) is 5.58. The lowest BCUT2D eigenvalue weighted by Gasteiger charge is -2.11. The highest BCUT2D eigenvalue weighted by molar-refractivity contribution is 5.42. The lowest BCUT2D eigenvalue weighted by Crippen LogP contribution is -2.11. The fourth-order valence-corrected chi connectivity index (χ4v) is 1.97. The quantitative estimate of drug-likeness (QED) is 0.882. The van der Waals surface area contributed by atoms with E-state index >= 15 is 0 Å². The number of nitrogens with zero attached hydrogens (tertiary/aromatic N) is 2. The van der Waals surface area contributed by atoms with Crippen LogP contribution < -0.4 is 5.32 Å². The molecule has 0 spiro atoms. The van der Waals surface area contributed by atoms with Crippen LogP contribution in [0.25, 0.3) is 5.69 Å². The van der Waals surface area contributed by atoms with E-state index in [0.717, 1.165) is 22.6 Å². The molecule has 1 N–H and O–H groups in total. The van der Waals surface area contributed by atoms with E-state index in [-0.39, 0.29) is 5.82 Å². The summed E-state index contributed by atoms with van der Waals surface area (Å²) >= 11 is 0. The molecule has 1 aromatic heterocycles. The van der Waals surface area contributed by atoms with Gasteiger partial charge in [-0.05, 0) is 50.7 Å². The second-order valence-corrected chi connectivity index (χ2v) is 4.14. The normalized spacial score (nSPS) is 10.8. The van der Waals surface area contributed by atoms with E-state index in [0.29, 0.717) is 6.54 Å². The van der Waals surface area contributed by atoms with Crippen LogP contribution in [-0.2, 0) is 6.54 Å². The average molecular weight is 233 g/mol. The highest BCUT2D eigenvalue weighted by Gasteiger charge is 2.09. The van der Waals surface area contributed by atoms with E-state index in [4.69, 9.17) is 0 Å². The molecule has 90 valence electrons. The third-order valence-electron chi connectivity index (χ3n) is 2.65. The van der Waals surface area contributed by atoms with Crippen molar-refractivity contribution in [1.29, 1.82) is 0 Å². The zero-order chi connectivity index (χ0) is 12.4. The van der Waals surface area contributed by atoms with Crippen molar-refractivity contribution in [2.45, 2.75) is 20.4 Å². The third kappa shape index (κ3) is 2.36. The molecule has 2 rings (SSSR count). The molecule has 1 heterocycles. The van der Waals surface area contributed by atoms with Crippen molar-refractivity contribution in [1.82, 2.24) is 15.1 Å². The second-order valence-electron chi connectivity index (χ2n) is 4.14. The number of aromatic nitrogens is 2. The molecular weight excluding hydrogens is 217 g/mol. The molecule has 17 heavy (non-hydrogen) atoms. The summed E-state index contributed by atoms with van der Waals surface area (Å²) in [4.78, 5) is 0. The molecule has 1 aromatic carbocycles. The number of hydrogen-bond donors (Lipinski definition) is 1. The first-order chi connectivity index (χ1) is 8.11. The van der Waals surface area contributed by atoms with Crippen molar-refractivity contribution in [3.8, 4) is 5.69 Å². The molecule has 0 aliphatic heterocycles. The number of benzene rings is 1. The topological polar surface area (TPSA) is 29.9 Å². The monoisotopic (exact) mass is 233 g/mol. The van der Waals surface area contributed by atoms with Crippen LogP contribution in [0.2, 0.25) is 0 Å². The standard InChI is InChI=1S/C13H16FN3/c1-9-6-10(2)17(16-9)13-5-4-12(14)7-11(13)8-15-3/h4-7,15H,8H2,1-3H3. The molecule has 0 bridgehead atoms. The Hall–Kier alpha value is -1.68. The minimum atomic E-state index is -0.222. The smallest absolute Gasteiger partial charge is 0.123 e. The lowest BCUT2D eigenvalue weighted by atomic mass is 10.1. The minimum Gasteiger partial charge on any atom is -0.316 e. The molecule has 0 saturated heterocycles. The predicted octanol–water partition coefficient (Wildman–Crippen LogP) is 2.35. The van der Waals surface area contributed by atoms with Gasteiger partial charge in [-0.1, -0.05) is 0 Å². The predicted molar refractivity (Wildman–Crippen MR) is 65.8 cm³/mol. The largest absolute Gasteiger partial charge is 0.316 e. The van der Waals surface area contributed by atoms with Gasteiger partial charge in [0.1, 0.15) is 5.82 Å². The van der Waals surface area contributed by atoms with Gasteiger partial charge in [-0.3, -0.25) is 0 Å².